The third-order valence-electron chi connectivity index (χ3n) is 2.22. The smallest absolute Gasteiger partial charge is 0.273 e. The largest absolute Gasteiger partial charge is 0.473 e. The molecule has 2 unspecified atom stereocenters. The van der Waals surface area contributed by atoms with Gasteiger partial charge in [0.05, 0.1) is 13.2 Å². The molecule has 0 amide bonds. The topological polar surface area (TPSA) is 54.4 Å². The minimum Gasteiger partial charge on any atom is -0.473 e. The minimum atomic E-state index is -0.287. The molecule has 1 aromatic heterocycles. The molecule has 0 saturated carbocycles. The molecule has 2 N–H and O–H groups in total. The molecule has 2 heterocycles. The highest BCUT2D eigenvalue weighted by Gasteiger charge is 2.28. The van der Waals surface area contributed by atoms with Gasteiger partial charge in [-0.05, 0) is 0 Å². The predicted molar refractivity (Wildman–Crippen MR) is 50.3 cm³/mol. The van der Waals surface area contributed by atoms with Crippen LogP contribution in [0.1, 0.15) is 10.8 Å². The number of hydrogen-bond donors (Lipinski definition) is 2. The highest BCUT2D eigenvalue weighted by molar-refractivity contribution is 7.13. The van der Waals surface area contributed by atoms with Crippen molar-refractivity contribution in [1.29, 1.82) is 0 Å². The lowest BCUT2D eigenvalue weighted by Crippen LogP contribution is -2.15. The van der Waals surface area contributed by atoms with Gasteiger partial charge in [0.25, 0.3) is 5.19 Å². The molecule has 1 aliphatic rings. The molecule has 4 nitrogen and oxygen atoms in total. The van der Waals surface area contributed by atoms with Gasteiger partial charge in [-0.3, -0.25) is 0 Å². The van der Waals surface area contributed by atoms with Gasteiger partial charge >= 0.3 is 0 Å². The van der Waals surface area contributed by atoms with Crippen molar-refractivity contribution in [2.75, 3.05) is 20.2 Å². The van der Waals surface area contributed by atoms with E-state index in [1.807, 2.05) is 0 Å². The second kappa shape index (κ2) is 3.61. The van der Waals surface area contributed by atoms with Gasteiger partial charge in [-0.25, -0.2) is 4.98 Å². The van der Waals surface area contributed by atoms with E-state index in [1.165, 1.54) is 11.3 Å². The number of thiazole rings is 1. The Balaban J connectivity index is 2.15. The van der Waals surface area contributed by atoms with Gasteiger partial charge in [0.15, 0.2) is 0 Å². The third kappa shape index (κ3) is 1.67. The summed E-state index contributed by atoms with van der Waals surface area (Å²) in [5, 5.41) is 13.4. The van der Waals surface area contributed by atoms with E-state index in [9.17, 15) is 5.11 Å². The van der Waals surface area contributed by atoms with Crippen LogP contribution in [0.4, 0.5) is 0 Å². The maximum absolute atomic E-state index is 9.60. The summed E-state index contributed by atoms with van der Waals surface area (Å²) in [6.45, 7) is 1.50. The number of aliphatic hydroxyl groups is 1. The van der Waals surface area contributed by atoms with Crippen LogP contribution in [0.25, 0.3) is 0 Å². The SMILES string of the molecule is COc1ncc(C2CNCC2O)s1. The van der Waals surface area contributed by atoms with Crippen LogP contribution in [0.5, 0.6) is 5.19 Å². The first-order valence-corrected chi connectivity index (χ1v) is 5.01. The highest BCUT2D eigenvalue weighted by Crippen LogP contribution is 2.30. The maximum Gasteiger partial charge on any atom is 0.273 e. The van der Waals surface area contributed by atoms with E-state index < -0.39 is 0 Å². The number of ether oxygens (including phenoxy) is 1. The summed E-state index contributed by atoms with van der Waals surface area (Å²) in [6, 6.07) is 0. The van der Waals surface area contributed by atoms with E-state index in [0.717, 1.165) is 11.4 Å². The summed E-state index contributed by atoms with van der Waals surface area (Å²) < 4.78 is 5.00. The lowest BCUT2D eigenvalue weighted by molar-refractivity contribution is 0.179. The van der Waals surface area contributed by atoms with Crippen LogP contribution >= 0.6 is 11.3 Å². The molecular weight excluding hydrogens is 188 g/mol. The zero-order valence-corrected chi connectivity index (χ0v) is 8.17. The number of rotatable bonds is 2. The fourth-order valence-electron chi connectivity index (χ4n) is 1.49. The lowest BCUT2D eigenvalue weighted by atomic mass is 10.1. The fraction of sp³-hybridized carbons (Fsp3) is 0.625. The molecule has 0 bridgehead atoms. The molecule has 1 fully saturated rings. The van der Waals surface area contributed by atoms with Gasteiger partial charge in [-0.2, -0.15) is 0 Å². The van der Waals surface area contributed by atoms with E-state index in [2.05, 4.69) is 10.3 Å². The summed E-state index contributed by atoms with van der Waals surface area (Å²) >= 11 is 1.50. The van der Waals surface area contributed by atoms with Gasteiger partial charge in [-0.15, -0.1) is 0 Å². The Kier molecular flexibility index (Phi) is 2.48. The van der Waals surface area contributed by atoms with Crippen LogP contribution in [0, 0.1) is 0 Å². The molecule has 0 spiro atoms. The molecule has 13 heavy (non-hydrogen) atoms. The number of methoxy groups -OCH3 is 1. The van der Waals surface area contributed by atoms with Crippen molar-refractivity contribution in [1.82, 2.24) is 10.3 Å². The van der Waals surface area contributed by atoms with Crippen molar-refractivity contribution in [3.8, 4) is 5.19 Å². The fourth-order valence-corrected chi connectivity index (χ4v) is 2.38. The standard InChI is InChI=1S/C8H12N2O2S/c1-12-8-10-4-7(13-8)5-2-9-3-6(5)11/h4-6,9,11H,2-3H2,1H3. The molecule has 1 aromatic rings. The van der Waals surface area contributed by atoms with Crippen LogP contribution in [0.15, 0.2) is 6.20 Å². The normalized spacial score (nSPS) is 27.8. The predicted octanol–water partition coefficient (Wildman–Crippen LogP) is 0.199. The zero-order chi connectivity index (χ0) is 9.26. The number of nitrogens with one attached hydrogen (secondary N) is 1. The van der Waals surface area contributed by atoms with Crippen LogP contribution < -0.4 is 10.1 Å². The molecular formula is C8H12N2O2S. The molecule has 0 aliphatic carbocycles. The Hall–Kier alpha value is -0.650. The third-order valence-corrected chi connectivity index (χ3v) is 3.32. The van der Waals surface area contributed by atoms with Crippen molar-refractivity contribution in [3.05, 3.63) is 11.1 Å². The van der Waals surface area contributed by atoms with Crippen molar-refractivity contribution in [2.45, 2.75) is 12.0 Å². The molecule has 1 saturated heterocycles. The average Bonchev–Trinajstić information content (AvgIpc) is 2.71. The van der Waals surface area contributed by atoms with Crippen molar-refractivity contribution in [2.24, 2.45) is 0 Å². The van der Waals surface area contributed by atoms with E-state index in [1.54, 1.807) is 13.3 Å². The molecule has 2 rings (SSSR count). The zero-order valence-electron chi connectivity index (χ0n) is 7.36. The molecule has 2 atom stereocenters. The van der Waals surface area contributed by atoms with Crippen molar-refractivity contribution < 1.29 is 9.84 Å². The molecule has 72 valence electrons. The Bertz CT molecular complexity index is 289. The van der Waals surface area contributed by atoms with Gasteiger partial charge < -0.3 is 15.2 Å². The summed E-state index contributed by atoms with van der Waals surface area (Å²) in [5.74, 6) is 0.182. The monoisotopic (exact) mass is 200 g/mol. The Morgan fingerprint density at radius 2 is 2.54 bits per heavy atom. The van der Waals surface area contributed by atoms with Crippen molar-refractivity contribution in [3.63, 3.8) is 0 Å². The van der Waals surface area contributed by atoms with Gasteiger partial charge in [0.1, 0.15) is 0 Å². The molecule has 5 heteroatoms. The Labute approximate surface area is 80.6 Å². The van der Waals surface area contributed by atoms with Gasteiger partial charge in [-0.1, -0.05) is 11.3 Å². The van der Waals surface area contributed by atoms with E-state index in [0.29, 0.717) is 11.7 Å². The molecule has 0 radical (unpaired) electrons. The first-order valence-electron chi connectivity index (χ1n) is 4.19. The lowest BCUT2D eigenvalue weighted by Gasteiger charge is -2.08. The quantitative estimate of drug-likeness (QED) is 0.716. The number of nitrogens with zero attached hydrogens (tertiary/aromatic N) is 1. The average molecular weight is 200 g/mol. The summed E-state index contributed by atoms with van der Waals surface area (Å²) in [5.41, 5.74) is 0. The number of β-amino-alcohol motifs (C(OH)–C–C–N with tert-alkyl or cyclic N) is 1. The van der Waals surface area contributed by atoms with Gasteiger partial charge in [0.2, 0.25) is 0 Å². The minimum absolute atomic E-state index is 0.182. The second-order valence-electron chi connectivity index (χ2n) is 3.06. The van der Waals surface area contributed by atoms with E-state index in [-0.39, 0.29) is 12.0 Å². The molecule has 0 aromatic carbocycles. The number of hydrogen-bond acceptors (Lipinski definition) is 5. The molecule has 1 aliphatic heterocycles. The van der Waals surface area contributed by atoms with Crippen molar-refractivity contribution >= 4 is 11.3 Å². The summed E-state index contributed by atoms with van der Waals surface area (Å²) in [4.78, 5) is 5.16. The number of aromatic nitrogens is 1. The summed E-state index contributed by atoms with van der Waals surface area (Å²) in [7, 11) is 1.60. The first-order chi connectivity index (χ1) is 6.31. The van der Waals surface area contributed by atoms with Crippen LogP contribution in [0.2, 0.25) is 0 Å². The second-order valence-corrected chi connectivity index (χ2v) is 4.09. The van der Waals surface area contributed by atoms with Gasteiger partial charge in [0, 0.05) is 30.1 Å². The van der Waals surface area contributed by atoms with Crippen LogP contribution in [-0.4, -0.2) is 36.4 Å². The maximum atomic E-state index is 9.60. The Morgan fingerprint density at radius 3 is 3.08 bits per heavy atom. The highest BCUT2D eigenvalue weighted by atomic mass is 32.1. The van der Waals surface area contributed by atoms with E-state index >= 15 is 0 Å². The summed E-state index contributed by atoms with van der Waals surface area (Å²) in [6.07, 6.45) is 1.50. The van der Waals surface area contributed by atoms with Crippen LogP contribution in [-0.2, 0) is 0 Å². The van der Waals surface area contributed by atoms with Crippen LogP contribution in [0.3, 0.4) is 0 Å². The number of aliphatic hydroxyl groups excluding tert-OH is 1. The Morgan fingerprint density at radius 1 is 1.69 bits per heavy atom. The first kappa shape index (κ1) is 8.93. The van der Waals surface area contributed by atoms with E-state index in [4.69, 9.17) is 4.74 Å².